The van der Waals surface area contributed by atoms with Gasteiger partial charge in [0.1, 0.15) is 0 Å². The lowest BCUT2D eigenvalue weighted by atomic mass is 10.2. The van der Waals surface area contributed by atoms with E-state index in [1.54, 1.807) is 5.37 Å². The van der Waals surface area contributed by atoms with Gasteiger partial charge < -0.3 is 0 Å². The van der Waals surface area contributed by atoms with Gasteiger partial charge in [0.05, 0.1) is 0 Å². The molecule has 1 aromatic carbocycles. The summed E-state index contributed by atoms with van der Waals surface area (Å²) in [5.41, 5.74) is 1.21. The highest BCUT2D eigenvalue weighted by Crippen LogP contribution is 2.08. The van der Waals surface area contributed by atoms with Crippen molar-refractivity contribution in [2.24, 2.45) is 0 Å². The predicted octanol–water partition coefficient (Wildman–Crippen LogP) is 2.88. The third-order valence-corrected chi connectivity index (χ3v) is 1.65. The molecule has 0 fully saturated rings. The third-order valence-electron chi connectivity index (χ3n) is 1.23. The molecule has 0 aromatic heterocycles. The first kappa shape index (κ1) is 7.70. The highest BCUT2D eigenvalue weighted by Gasteiger charge is 1.88. The molecule has 52 valence electrons. The molecule has 0 bridgehead atoms. The number of thiocarbonyl (C=S) groups is 1. The van der Waals surface area contributed by atoms with Crippen molar-refractivity contribution in [3.05, 3.63) is 34.9 Å². The van der Waals surface area contributed by atoms with E-state index in [1.807, 2.05) is 24.3 Å². The Labute approximate surface area is 70.8 Å². The summed E-state index contributed by atoms with van der Waals surface area (Å²) in [6.45, 7) is 0. The molecule has 0 spiro atoms. The fraction of sp³-hybridized carbons (Fsp3) is 0.125. The molecule has 0 amide bonds. The van der Waals surface area contributed by atoms with Crippen molar-refractivity contribution in [1.82, 2.24) is 0 Å². The first-order valence-corrected chi connectivity index (χ1v) is 3.86. The lowest BCUT2D eigenvalue weighted by Crippen LogP contribution is -1.81. The summed E-state index contributed by atoms with van der Waals surface area (Å²) in [5, 5.41) is 2.48. The van der Waals surface area contributed by atoms with Crippen LogP contribution in [0.3, 0.4) is 0 Å². The summed E-state index contributed by atoms with van der Waals surface area (Å²) in [6.07, 6.45) is 0.840. The molecular weight excluding hydrogens is 164 g/mol. The summed E-state index contributed by atoms with van der Waals surface area (Å²) in [7, 11) is 0. The molecule has 0 N–H and O–H groups in total. The standard InChI is InChI=1S/C8H7ClS/c9-8-3-1-7(2-4-8)5-6-10/h1-4,6H,5H2. The van der Waals surface area contributed by atoms with E-state index in [4.69, 9.17) is 23.8 Å². The Hall–Kier alpha value is -0.400. The van der Waals surface area contributed by atoms with Gasteiger partial charge in [0, 0.05) is 11.4 Å². The molecule has 2 heteroatoms. The van der Waals surface area contributed by atoms with Gasteiger partial charge in [-0.1, -0.05) is 36.0 Å². The quantitative estimate of drug-likeness (QED) is 0.616. The van der Waals surface area contributed by atoms with E-state index >= 15 is 0 Å². The molecule has 0 atom stereocenters. The third kappa shape index (κ3) is 2.09. The molecule has 10 heavy (non-hydrogen) atoms. The molecule has 0 aliphatic carbocycles. The average Bonchev–Trinajstić information content (AvgIpc) is 1.95. The van der Waals surface area contributed by atoms with Crippen molar-refractivity contribution >= 4 is 29.2 Å². The maximum absolute atomic E-state index is 5.68. The van der Waals surface area contributed by atoms with Gasteiger partial charge in [0.15, 0.2) is 0 Å². The zero-order chi connectivity index (χ0) is 7.40. The Morgan fingerprint density at radius 1 is 1.30 bits per heavy atom. The van der Waals surface area contributed by atoms with Crippen LogP contribution in [0.1, 0.15) is 5.56 Å². The summed E-state index contributed by atoms with van der Waals surface area (Å²) >= 11 is 10.4. The number of hydrogen-bond acceptors (Lipinski definition) is 1. The van der Waals surface area contributed by atoms with Gasteiger partial charge >= 0.3 is 0 Å². The van der Waals surface area contributed by atoms with E-state index in [9.17, 15) is 0 Å². The van der Waals surface area contributed by atoms with Crippen molar-refractivity contribution in [3.63, 3.8) is 0 Å². The van der Waals surface area contributed by atoms with Crippen molar-refractivity contribution in [1.29, 1.82) is 0 Å². The fourth-order valence-corrected chi connectivity index (χ4v) is 1.04. The van der Waals surface area contributed by atoms with Gasteiger partial charge in [-0.3, -0.25) is 0 Å². The Morgan fingerprint density at radius 3 is 2.40 bits per heavy atom. The Morgan fingerprint density at radius 2 is 1.90 bits per heavy atom. The Kier molecular flexibility index (Phi) is 2.84. The maximum atomic E-state index is 5.68. The van der Waals surface area contributed by atoms with Crippen LogP contribution in [0.15, 0.2) is 24.3 Å². The minimum absolute atomic E-state index is 0.771. The molecule has 1 aromatic rings. The molecule has 0 aliphatic heterocycles. The van der Waals surface area contributed by atoms with E-state index in [2.05, 4.69) is 0 Å². The lowest BCUT2D eigenvalue weighted by molar-refractivity contribution is 1.38. The zero-order valence-electron chi connectivity index (χ0n) is 5.38. The second-order valence-electron chi connectivity index (χ2n) is 2.00. The summed E-state index contributed by atoms with van der Waals surface area (Å²) in [5.74, 6) is 0. The van der Waals surface area contributed by atoms with Crippen molar-refractivity contribution in [2.45, 2.75) is 6.42 Å². The Bertz CT molecular complexity index is 215. The van der Waals surface area contributed by atoms with Crippen molar-refractivity contribution < 1.29 is 0 Å². The molecule has 0 nitrogen and oxygen atoms in total. The van der Waals surface area contributed by atoms with Gasteiger partial charge in [-0.2, -0.15) is 0 Å². The molecule has 0 unspecified atom stereocenters. The second kappa shape index (κ2) is 3.69. The largest absolute Gasteiger partial charge is 0.0931 e. The number of hydrogen-bond donors (Lipinski definition) is 0. The molecule has 0 radical (unpaired) electrons. The maximum Gasteiger partial charge on any atom is 0.0406 e. The minimum Gasteiger partial charge on any atom is -0.0931 e. The average molecular weight is 171 g/mol. The number of rotatable bonds is 2. The van der Waals surface area contributed by atoms with Crippen LogP contribution in [-0.2, 0) is 6.42 Å². The van der Waals surface area contributed by atoms with Crippen molar-refractivity contribution in [2.75, 3.05) is 0 Å². The second-order valence-corrected chi connectivity index (χ2v) is 2.77. The smallest absolute Gasteiger partial charge is 0.0406 e. The fourth-order valence-electron chi connectivity index (χ4n) is 0.717. The van der Waals surface area contributed by atoms with Crippen molar-refractivity contribution in [3.8, 4) is 0 Å². The van der Waals surface area contributed by atoms with Gasteiger partial charge in [0.2, 0.25) is 0 Å². The van der Waals surface area contributed by atoms with Crippen LogP contribution in [0.4, 0.5) is 0 Å². The lowest BCUT2D eigenvalue weighted by Gasteiger charge is -1.93. The molecule has 0 heterocycles. The summed E-state index contributed by atoms with van der Waals surface area (Å²) in [4.78, 5) is 0. The van der Waals surface area contributed by atoms with Crippen LogP contribution in [0.5, 0.6) is 0 Å². The van der Waals surface area contributed by atoms with Crippen LogP contribution in [0.2, 0.25) is 5.02 Å². The highest BCUT2D eigenvalue weighted by atomic mass is 35.5. The number of benzene rings is 1. The number of halogens is 1. The van der Waals surface area contributed by atoms with Crippen LogP contribution >= 0.6 is 23.8 Å². The van der Waals surface area contributed by atoms with Gasteiger partial charge in [-0.05, 0) is 23.1 Å². The topological polar surface area (TPSA) is 0 Å². The molecule has 0 saturated carbocycles. The monoisotopic (exact) mass is 170 g/mol. The van der Waals surface area contributed by atoms with E-state index in [-0.39, 0.29) is 0 Å². The summed E-state index contributed by atoms with van der Waals surface area (Å²) in [6, 6.07) is 7.70. The zero-order valence-corrected chi connectivity index (χ0v) is 6.95. The van der Waals surface area contributed by atoms with Crippen LogP contribution in [-0.4, -0.2) is 5.37 Å². The molecule has 1 rings (SSSR count). The first-order chi connectivity index (χ1) is 4.83. The minimum atomic E-state index is 0.771. The highest BCUT2D eigenvalue weighted by molar-refractivity contribution is 7.78. The van der Waals surface area contributed by atoms with E-state index in [1.165, 1.54) is 5.56 Å². The van der Waals surface area contributed by atoms with Gasteiger partial charge in [-0.15, -0.1) is 0 Å². The van der Waals surface area contributed by atoms with E-state index in [0.717, 1.165) is 11.4 Å². The van der Waals surface area contributed by atoms with Crippen LogP contribution < -0.4 is 0 Å². The predicted molar refractivity (Wildman–Crippen MR) is 48.8 cm³/mol. The first-order valence-electron chi connectivity index (χ1n) is 3.01. The molecule has 0 aliphatic rings. The SMILES string of the molecule is S=CCc1ccc(Cl)cc1. The van der Waals surface area contributed by atoms with E-state index in [0.29, 0.717) is 0 Å². The van der Waals surface area contributed by atoms with Gasteiger partial charge in [-0.25, -0.2) is 0 Å². The van der Waals surface area contributed by atoms with Gasteiger partial charge in [0.25, 0.3) is 0 Å². The summed E-state index contributed by atoms with van der Waals surface area (Å²) < 4.78 is 0. The molecule has 0 saturated heterocycles. The van der Waals surface area contributed by atoms with E-state index < -0.39 is 0 Å². The van der Waals surface area contributed by atoms with Crippen LogP contribution in [0.25, 0.3) is 0 Å². The van der Waals surface area contributed by atoms with Crippen LogP contribution in [0, 0.1) is 0 Å². The Balaban J connectivity index is 2.78. The molecular formula is C8H7ClS. The normalized spacial score (nSPS) is 9.30.